The van der Waals surface area contributed by atoms with Gasteiger partial charge in [-0.15, -0.1) is 0 Å². The zero-order valence-corrected chi connectivity index (χ0v) is 12.3. The fourth-order valence-corrected chi connectivity index (χ4v) is 2.32. The number of thiocarbonyl (C=S) groups is 1. The number of piperidine rings is 1. The number of hydrogen-bond acceptors (Lipinski definition) is 5. The lowest BCUT2D eigenvalue weighted by Crippen LogP contribution is -2.44. The Kier molecular flexibility index (Phi) is 4.84. The molecule has 2 rings (SSSR count). The second kappa shape index (κ2) is 6.60. The third kappa shape index (κ3) is 3.63. The molecule has 20 heavy (non-hydrogen) atoms. The topological polar surface area (TPSA) is 84.1 Å². The number of nitrogens with two attached hydrogens (primary N) is 1. The number of carbonyl (C=O) groups excluding carboxylic acids is 1. The number of likely N-dealkylation sites (tertiary alicyclic amines) is 1. The first kappa shape index (κ1) is 14.6. The number of hydrogen-bond donors (Lipinski definition) is 2. The molecule has 1 aliphatic heterocycles. The largest absolute Gasteiger partial charge is 0.388 e. The lowest BCUT2D eigenvalue weighted by Gasteiger charge is -2.29. The monoisotopic (exact) mass is 293 g/mol. The number of rotatable bonds is 4. The van der Waals surface area contributed by atoms with Crippen molar-refractivity contribution < 1.29 is 4.79 Å². The summed E-state index contributed by atoms with van der Waals surface area (Å²) in [6, 6.07) is 1.28. The summed E-state index contributed by atoms with van der Waals surface area (Å²) in [6.45, 7) is 3.48. The fourth-order valence-electron chi connectivity index (χ4n) is 2.21. The Balaban J connectivity index is 1.99. The summed E-state index contributed by atoms with van der Waals surface area (Å²) in [4.78, 5) is 22.6. The summed E-state index contributed by atoms with van der Waals surface area (Å²) < 4.78 is 0. The van der Waals surface area contributed by atoms with Crippen molar-refractivity contribution in [1.82, 2.24) is 14.9 Å². The van der Waals surface area contributed by atoms with Gasteiger partial charge in [-0.05, 0) is 32.3 Å². The first-order valence-corrected chi connectivity index (χ1v) is 7.17. The van der Waals surface area contributed by atoms with Crippen LogP contribution in [-0.4, -0.2) is 44.9 Å². The predicted octanol–water partition coefficient (Wildman–Crippen LogP) is 0.924. The Morgan fingerprint density at radius 1 is 1.45 bits per heavy atom. The van der Waals surface area contributed by atoms with E-state index in [2.05, 4.69) is 15.3 Å². The van der Waals surface area contributed by atoms with Gasteiger partial charge >= 0.3 is 0 Å². The van der Waals surface area contributed by atoms with Crippen molar-refractivity contribution in [1.29, 1.82) is 0 Å². The second-order valence-electron chi connectivity index (χ2n) is 4.88. The molecule has 0 radical (unpaired) electrons. The van der Waals surface area contributed by atoms with E-state index in [0.29, 0.717) is 11.6 Å². The van der Waals surface area contributed by atoms with Gasteiger partial charge in [0.15, 0.2) is 0 Å². The van der Waals surface area contributed by atoms with Crippen molar-refractivity contribution in [3.63, 3.8) is 0 Å². The van der Waals surface area contributed by atoms with Crippen LogP contribution in [0.25, 0.3) is 0 Å². The molecule has 1 fully saturated rings. The van der Waals surface area contributed by atoms with E-state index in [1.807, 2.05) is 11.8 Å². The molecule has 0 saturated carbocycles. The molecule has 1 aliphatic rings. The summed E-state index contributed by atoms with van der Waals surface area (Å²) >= 11 is 4.87. The van der Waals surface area contributed by atoms with Crippen LogP contribution in [0.1, 0.15) is 31.9 Å². The average Bonchev–Trinajstić information content (AvgIpc) is 2.47. The summed E-state index contributed by atoms with van der Waals surface area (Å²) in [5.41, 5.74) is 6.02. The highest BCUT2D eigenvalue weighted by Gasteiger charge is 2.22. The van der Waals surface area contributed by atoms with Crippen molar-refractivity contribution in [2.45, 2.75) is 32.2 Å². The van der Waals surface area contributed by atoms with Gasteiger partial charge in [0.05, 0.1) is 0 Å². The number of amides is 1. The van der Waals surface area contributed by atoms with Gasteiger partial charge in [0.1, 0.15) is 16.7 Å². The molecule has 6 nitrogen and oxygen atoms in total. The average molecular weight is 293 g/mol. The van der Waals surface area contributed by atoms with Crippen LogP contribution in [0.15, 0.2) is 12.3 Å². The first-order valence-electron chi connectivity index (χ1n) is 6.76. The van der Waals surface area contributed by atoms with Crippen LogP contribution in [0, 0.1) is 0 Å². The van der Waals surface area contributed by atoms with E-state index in [0.717, 1.165) is 25.9 Å². The van der Waals surface area contributed by atoms with Gasteiger partial charge in [-0.2, -0.15) is 0 Å². The molecule has 0 aromatic carbocycles. The molecule has 0 spiro atoms. The first-order chi connectivity index (χ1) is 9.58. The van der Waals surface area contributed by atoms with Crippen molar-refractivity contribution in [3.8, 4) is 0 Å². The Morgan fingerprint density at radius 2 is 2.15 bits per heavy atom. The smallest absolute Gasteiger partial charge is 0.244 e. The van der Waals surface area contributed by atoms with Gasteiger partial charge in [-0.3, -0.25) is 4.79 Å². The summed E-state index contributed by atoms with van der Waals surface area (Å²) in [5, 5.41) is 3.01. The molecule has 1 atom stereocenters. The molecule has 1 aromatic heterocycles. The number of nitrogens with zero attached hydrogens (tertiary/aromatic N) is 3. The van der Waals surface area contributed by atoms with Crippen LogP contribution < -0.4 is 11.1 Å². The normalized spacial score (nSPS) is 16.6. The van der Waals surface area contributed by atoms with E-state index < -0.39 is 0 Å². The lowest BCUT2D eigenvalue weighted by atomic mass is 10.1. The number of carbonyl (C=O) groups is 1. The van der Waals surface area contributed by atoms with E-state index in [1.54, 1.807) is 12.3 Å². The maximum absolute atomic E-state index is 12.3. The minimum atomic E-state index is -0.366. The van der Waals surface area contributed by atoms with E-state index >= 15 is 0 Å². The van der Waals surface area contributed by atoms with E-state index in [4.69, 9.17) is 18.0 Å². The molecule has 0 bridgehead atoms. The Morgan fingerprint density at radius 3 is 2.80 bits per heavy atom. The van der Waals surface area contributed by atoms with Gasteiger partial charge in [0.2, 0.25) is 11.9 Å². The number of anilines is 1. The SMILES string of the molecule is CC(Nc1nccc(C(N)=S)n1)C(=O)N1CCCCC1. The summed E-state index contributed by atoms with van der Waals surface area (Å²) in [7, 11) is 0. The quantitative estimate of drug-likeness (QED) is 0.803. The van der Waals surface area contributed by atoms with Crippen molar-refractivity contribution in [2.24, 2.45) is 5.73 Å². The van der Waals surface area contributed by atoms with Gasteiger partial charge in [-0.1, -0.05) is 12.2 Å². The minimum Gasteiger partial charge on any atom is -0.388 e. The zero-order valence-electron chi connectivity index (χ0n) is 11.5. The third-order valence-corrected chi connectivity index (χ3v) is 3.50. The molecule has 7 heteroatoms. The van der Waals surface area contributed by atoms with Crippen LogP contribution >= 0.6 is 12.2 Å². The molecule has 1 aromatic rings. The van der Waals surface area contributed by atoms with Gasteiger partial charge in [0.25, 0.3) is 0 Å². The highest BCUT2D eigenvalue weighted by Crippen LogP contribution is 2.11. The summed E-state index contributed by atoms with van der Waals surface area (Å²) in [5.74, 6) is 0.446. The van der Waals surface area contributed by atoms with Crippen LogP contribution in [0.2, 0.25) is 0 Å². The fraction of sp³-hybridized carbons (Fsp3) is 0.538. The minimum absolute atomic E-state index is 0.0778. The van der Waals surface area contributed by atoms with E-state index in [1.165, 1.54) is 6.42 Å². The van der Waals surface area contributed by atoms with Gasteiger partial charge in [-0.25, -0.2) is 9.97 Å². The second-order valence-corrected chi connectivity index (χ2v) is 5.32. The van der Waals surface area contributed by atoms with Gasteiger partial charge < -0.3 is 16.0 Å². The Labute approximate surface area is 123 Å². The molecular formula is C13H19N5OS. The molecule has 3 N–H and O–H groups in total. The number of nitrogens with one attached hydrogen (secondary N) is 1. The van der Waals surface area contributed by atoms with Crippen molar-refractivity contribution in [3.05, 3.63) is 18.0 Å². The third-order valence-electron chi connectivity index (χ3n) is 3.29. The predicted molar refractivity (Wildman–Crippen MR) is 81.4 cm³/mol. The molecule has 1 unspecified atom stereocenters. The molecule has 1 amide bonds. The van der Waals surface area contributed by atoms with Crippen LogP contribution in [0.4, 0.5) is 5.95 Å². The highest BCUT2D eigenvalue weighted by molar-refractivity contribution is 7.80. The van der Waals surface area contributed by atoms with Gasteiger partial charge in [0, 0.05) is 19.3 Å². The summed E-state index contributed by atoms with van der Waals surface area (Å²) in [6.07, 6.45) is 4.92. The van der Waals surface area contributed by atoms with Crippen LogP contribution in [-0.2, 0) is 4.79 Å². The Hall–Kier alpha value is -1.76. The molecular weight excluding hydrogens is 274 g/mol. The van der Waals surface area contributed by atoms with E-state index in [9.17, 15) is 4.79 Å². The van der Waals surface area contributed by atoms with Crippen LogP contribution in [0.3, 0.4) is 0 Å². The molecule has 1 saturated heterocycles. The van der Waals surface area contributed by atoms with Crippen molar-refractivity contribution in [2.75, 3.05) is 18.4 Å². The number of aromatic nitrogens is 2. The standard InChI is InChI=1S/C13H19N5OS/c1-9(12(19)18-7-3-2-4-8-18)16-13-15-6-5-10(17-13)11(14)20/h5-6,9H,2-4,7-8H2,1H3,(H2,14,20)(H,15,16,17). The highest BCUT2D eigenvalue weighted by atomic mass is 32.1. The van der Waals surface area contributed by atoms with Crippen LogP contribution in [0.5, 0.6) is 0 Å². The zero-order chi connectivity index (χ0) is 14.5. The maximum Gasteiger partial charge on any atom is 0.244 e. The van der Waals surface area contributed by atoms with Crippen molar-refractivity contribution >= 4 is 29.1 Å². The lowest BCUT2D eigenvalue weighted by molar-refractivity contribution is -0.132. The maximum atomic E-state index is 12.3. The molecule has 0 aliphatic carbocycles. The molecule has 108 valence electrons. The van der Waals surface area contributed by atoms with E-state index in [-0.39, 0.29) is 16.9 Å². The molecule has 2 heterocycles. The Bertz CT molecular complexity index is 501.